The van der Waals surface area contributed by atoms with Gasteiger partial charge in [0.15, 0.2) is 5.78 Å². The molecule has 0 radical (unpaired) electrons. The van der Waals surface area contributed by atoms with Crippen molar-refractivity contribution in [2.24, 2.45) is 0 Å². The first-order chi connectivity index (χ1) is 13.7. The Labute approximate surface area is 166 Å². The molecule has 28 heavy (non-hydrogen) atoms. The number of Topliss-reactive ketones (excluding diaryl/α,β-unsaturated/α-hetero) is 1. The Morgan fingerprint density at radius 2 is 1.29 bits per heavy atom. The van der Waals surface area contributed by atoms with Gasteiger partial charge in [-0.2, -0.15) is 0 Å². The van der Waals surface area contributed by atoms with Gasteiger partial charge in [0.2, 0.25) is 5.91 Å². The van der Waals surface area contributed by atoms with Gasteiger partial charge in [0, 0.05) is 18.4 Å². The number of nitrogens with one attached hydrogen (secondary N) is 1. The zero-order valence-electron chi connectivity index (χ0n) is 15.9. The van der Waals surface area contributed by atoms with Crippen molar-refractivity contribution in [1.82, 2.24) is 5.32 Å². The van der Waals surface area contributed by atoms with Crippen LogP contribution in [0.5, 0.6) is 0 Å². The number of carbonyl (C=O) groups excluding carboxylic acids is 2. The lowest BCUT2D eigenvalue weighted by atomic mass is 9.98. The van der Waals surface area contributed by atoms with Crippen molar-refractivity contribution >= 4 is 11.7 Å². The Morgan fingerprint density at radius 1 is 0.714 bits per heavy atom. The molecule has 0 aromatic heterocycles. The molecule has 3 aromatic rings. The van der Waals surface area contributed by atoms with Gasteiger partial charge in [-0.3, -0.25) is 9.59 Å². The lowest BCUT2D eigenvalue weighted by Crippen LogP contribution is -2.29. The van der Waals surface area contributed by atoms with Crippen LogP contribution in [0.25, 0.3) is 0 Å². The van der Waals surface area contributed by atoms with Crippen LogP contribution in [0, 0.1) is 0 Å². The molecule has 0 aliphatic heterocycles. The first-order valence-corrected chi connectivity index (χ1v) is 9.69. The molecule has 0 spiro atoms. The van der Waals surface area contributed by atoms with Gasteiger partial charge in [0.25, 0.3) is 0 Å². The topological polar surface area (TPSA) is 46.2 Å². The van der Waals surface area contributed by atoms with Crippen LogP contribution in [-0.2, 0) is 11.2 Å². The molecule has 3 rings (SSSR count). The molecule has 0 aliphatic carbocycles. The first kappa shape index (κ1) is 19.6. The second-order valence-corrected chi connectivity index (χ2v) is 6.86. The number of rotatable bonds is 9. The highest BCUT2D eigenvalue weighted by atomic mass is 16.1. The highest BCUT2D eigenvalue weighted by Crippen LogP contribution is 2.19. The van der Waals surface area contributed by atoms with Gasteiger partial charge < -0.3 is 5.32 Å². The Kier molecular flexibility index (Phi) is 7.14. The number of carbonyl (C=O) groups is 2. The first-order valence-electron chi connectivity index (χ1n) is 9.69. The quantitative estimate of drug-likeness (QED) is 0.529. The maximum absolute atomic E-state index is 12.5. The fourth-order valence-corrected chi connectivity index (χ4v) is 3.23. The molecule has 0 fully saturated rings. The number of hydrogen-bond acceptors (Lipinski definition) is 2. The minimum atomic E-state index is -0.0825. The summed E-state index contributed by atoms with van der Waals surface area (Å²) in [6.45, 7) is 0. The second kappa shape index (κ2) is 10.2. The average Bonchev–Trinajstić information content (AvgIpc) is 2.75. The molecule has 0 heterocycles. The van der Waals surface area contributed by atoms with Gasteiger partial charge in [-0.15, -0.1) is 0 Å². The van der Waals surface area contributed by atoms with E-state index in [1.165, 1.54) is 5.56 Å². The van der Waals surface area contributed by atoms with Gasteiger partial charge in [0.1, 0.15) is 0 Å². The van der Waals surface area contributed by atoms with Crippen LogP contribution in [0.2, 0.25) is 0 Å². The lowest BCUT2D eigenvalue weighted by Gasteiger charge is -2.19. The molecule has 1 amide bonds. The molecular formula is C25H25NO2. The Morgan fingerprint density at radius 3 is 1.93 bits per heavy atom. The predicted molar refractivity (Wildman–Crippen MR) is 112 cm³/mol. The molecule has 1 N–H and O–H groups in total. The van der Waals surface area contributed by atoms with Crippen molar-refractivity contribution in [3.63, 3.8) is 0 Å². The van der Waals surface area contributed by atoms with E-state index in [1.807, 2.05) is 78.9 Å². The highest BCUT2D eigenvalue weighted by molar-refractivity contribution is 5.96. The van der Waals surface area contributed by atoms with Crippen molar-refractivity contribution in [3.05, 3.63) is 108 Å². The predicted octanol–water partition coefficient (Wildman–Crippen LogP) is 5.14. The summed E-state index contributed by atoms with van der Waals surface area (Å²) >= 11 is 0. The van der Waals surface area contributed by atoms with Gasteiger partial charge in [-0.05, 0) is 24.0 Å². The third kappa shape index (κ3) is 5.92. The molecule has 3 heteroatoms. The SMILES string of the molecule is O=C(CCCC(=O)c1ccccc1)N[C@H](Cc1ccccc1)c1ccccc1. The minimum Gasteiger partial charge on any atom is -0.349 e. The third-order valence-corrected chi connectivity index (χ3v) is 4.72. The standard InChI is InChI=1S/C25H25NO2/c27-24(22-15-8-3-9-16-22)17-10-18-25(28)26-23(21-13-6-2-7-14-21)19-20-11-4-1-5-12-20/h1-9,11-16,23H,10,17-19H2,(H,26,28)/t23-/m1/s1. The van der Waals surface area contributed by atoms with Crippen LogP contribution in [0.3, 0.4) is 0 Å². The summed E-state index contributed by atoms with van der Waals surface area (Å²) in [7, 11) is 0. The Balaban J connectivity index is 1.56. The number of benzene rings is 3. The maximum Gasteiger partial charge on any atom is 0.220 e. The van der Waals surface area contributed by atoms with E-state index in [9.17, 15) is 9.59 Å². The molecule has 0 unspecified atom stereocenters. The van der Waals surface area contributed by atoms with E-state index in [-0.39, 0.29) is 17.7 Å². The van der Waals surface area contributed by atoms with Crippen molar-refractivity contribution < 1.29 is 9.59 Å². The summed E-state index contributed by atoms with van der Waals surface area (Å²) in [5.41, 5.74) is 2.96. The molecule has 3 aromatic carbocycles. The van der Waals surface area contributed by atoms with Gasteiger partial charge in [-0.25, -0.2) is 0 Å². The molecule has 3 nitrogen and oxygen atoms in total. The second-order valence-electron chi connectivity index (χ2n) is 6.86. The van der Waals surface area contributed by atoms with Gasteiger partial charge in [0.05, 0.1) is 6.04 Å². The van der Waals surface area contributed by atoms with Crippen LogP contribution < -0.4 is 5.32 Å². The molecule has 0 aliphatic rings. The molecule has 0 saturated heterocycles. The summed E-state index contributed by atoms with van der Waals surface area (Å²) < 4.78 is 0. The molecule has 1 atom stereocenters. The van der Waals surface area contributed by atoms with E-state index in [2.05, 4.69) is 17.4 Å². The van der Waals surface area contributed by atoms with Crippen LogP contribution in [0.1, 0.15) is 46.8 Å². The molecule has 0 saturated carbocycles. The summed E-state index contributed by atoms with van der Waals surface area (Å²) in [5.74, 6) is 0.0583. The third-order valence-electron chi connectivity index (χ3n) is 4.72. The van der Waals surface area contributed by atoms with E-state index in [1.54, 1.807) is 0 Å². The number of hydrogen-bond donors (Lipinski definition) is 1. The number of ketones is 1. The summed E-state index contributed by atoms with van der Waals surface area (Å²) in [5, 5.41) is 3.15. The largest absolute Gasteiger partial charge is 0.349 e. The zero-order valence-corrected chi connectivity index (χ0v) is 15.9. The Bertz CT molecular complexity index is 876. The normalized spacial score (nSPS) is 11.6. The highest BCUT2D eigenvalue weighted by Gasteiger charge is 2.15. The minimum absolute atomic E-state index is 0.0226. The number of amides is 1. The van der Waals surface area contributed by atoms with Crippen LogP contribution in [0.4, 0.5) is 0 Å². The van der Waals surface area contributed by atoms with Gasteiger partial charge in [-0.1, -0.05) is 91.0 Å². The van der Waals surface area contributed by atoms with E-state index in [0.717, 1.165) is 12.0 Å². The van der Waals surface area contributed by atoms with Crippen LogP contribution in [0.15, 0.2) is 91.0 Å². The van der Waals surface area contributed by atoms with Crippen LogP contribution >= 0.6 is 0 Å². The van der Waals surface area contributed by atoms with Crippen molar-refractivity contribution in [2.45, 2.75) is 31.7 Å². The molecular weight excluding hydrogens is 346 g/mol. The van der Waals surface area contributed by atoms with E-state index in [4.69, 9.17) is 0 Å². The summed E-state index contributed by atoms with van der Waals surface area (Å²) in [6.07, 6.45) is 2.01. The molecule has 142 valence electrons. The van der Waals surface area contributed by atoms with Crippen molar-refractivity contribution in [1.29, 1.82) is 0 Å². The smallest absolute Gasteiger partial charge is 0.220 e. The lowest BCUT2D eigenvalue weighted by molar-refractivity contribution is -0.121. The average molecular weight is 371 g/mol. The Hall–Kier alpha value is -3.20. The van der Waals surface area contributed by atoms with E-state index < -0.39 is 0 Å². The van der Waals surface area contributed by atoms with Crippen molar-refractivity contribution in [2.75, 3.05) is 0 Å². The van der Waals surface area contributed by atoms with Crippen molar-refractivity contribution in [3.8, 4) is 0 Å². The monoisotopic (exact) mass is 371 g/mol. The van der Waals surface area contributed by atoms with E-state index >= 15 is 0 Å². The zero-order chi connectivity index (χ0) is 19.6. The van der Waals surface area contributed by atoms with E-state index in [0.29, 0.717) is 24.8 Å². The maximum atomic E-state index is 12.5. The van der Waals surface area contributed by atoms with Crippen LogP contribution in [-0.4, -0.2) is 11.7 Å². The summed E-state index contributed by atoms with van der Waals surface area (Å²) in [4.78, 5) is 24.7. The summed E-state index contributed by atoms with van der Waals surface area (Å²) in [6, 6.07) is 29.3. The molecule has 0 bridgehead atoms. The van der Waals surface area contributed by atoms with Gasteiger partial charge >= 0.3 is 0 Å². The fourth-order valence-electron chi connectivity index (χ4n) is 3.23. The fraction of sp³-hybridized carbons (Fsp3) is 0.200.